The molecule has 2 aromatic rings. The van der Waals surface area contributed by atoms with Crippen LogP contribution in [0.1, 0.15) is 0 Å². The third-order valence-corrected chi connectivity index (χ3v) is 2.20. The topological polar surface area (TPSA) is 12.0 Å². The maximum absolute atomic E-state index is 3.68. The number of nitrogens with one attached hydrogen (secondary N) is 1. The van der Waals surface area contributed by atoms with Crippen molar-refractivity contribution in [2.75, 3.05) is 11.9 Å². The van der Waals surface area contributed by atoms with Gasteiger partial charge in [0.15, 0.2) is 0 Å². The van der Waals surface area contributed by atoms with Gasteiger partial charge in [-0.1, -0.05) is 36.4 Å². The maximum atomic E-state index is 3.68. The third kappa shape index (κ3) is 1.77. The zero-order valence-electron chi connectivity index (χ0n) is 8.03. The standard InChI is InChI=1S/C13H13N/c1-2-9-14-13-8-7-11-5-3-4-6-12(11)10-13/h2-8,10,14H,1,9H2. The minimum atomic E-state index is 0.804. The van der Waals surface area contributed by atoms with Gasteiger partial charge >= 0.3 is 0 Å². The Bertz CT molecular complexity index is 446. The summed E-state index contributed by atoms with van der Waals surface area (Å²) in [6, 6.07) is 14.7. The Morgan fingerprint density at radius 3 is 2.64 bits per heavy atom. The van der Waals surface area contributed by atoms with Crippen molar-refractivity contribution < 1.29 is 0 Å². The van der Waals surface area contributed by atoms with Crippen molar-refractivity contribution in [2.24, 2.45) is 0 Å². The van der Waals surface area contributed by atoms with E-state index in [1.807, 2.05) is 6.08 Å². The summed E-state index contributed by atoms with van der Waals surface area (Å²) in [6.45, 7) is 4.48. The van der Waals surface area contributed by atoms with E-state index >= 15 is 0 Å². The molecule has 0 aromatic heterocycles. The lowest BCUT2D eigenvalue weighted by Crippen LogP contribution is -1.96. The van der Waals surface area contributed by atoms with E-state index in [2.05, 4.69) is 54.4 Å². The highest BCUT2D eigenvalue weighted by atomic mass is 14.8. The van der Waals surface area contributed by atoms with Crippen LogP contribution in [0.15, 0.2) is 55.1 Å². The highest BCUT2D eigenvalue weighted by Gasteiger charge is 1.93. The van der Waals surface area contributed by atoms with E-state index in [0.717, 1.165) is 12.2 Å². The second kappa shape index (κ2) is 3.97. The highest BCUT2D eigenvalue weighted by molar-refractivity contribution is 5.85. The molecule has 0 saturated carbocycles. The first-order valence-electron chi connectivity index (χ1n) is 4.74. The Hall–Kier alpha value is -1.76. The van der Waals surface area contributed by atoms with Gasteiger partial charge in [-0.25, -0.2) is 0 Å². The number of hydrogen-bond donors (Lipinski definition) is 1. The van der Waals surface area contributed by atoms with Crippen LogP contribution in [0.2, 0.25) is 0 Å². The quantitative estimate of drug-likeness (QED) is 0.719. The van der Waals surface area contributed by atoms with Gasteiger partial charge in [-0.05, 0) is 22.9 Å². The van der Waals surface area contributed by atoms with E-state index in [9.17, 15) is 0 Å². The molecule has 0 aliphatic heterocycles. The molecule has 0 spiro atoms. The smallest absolute Gasteiger partial charge is 0.0349 e. The summed E-state index contributed by atoms with van der Waals surface area (Å²) >= 11 is 0. The molecule has 2 rings (SSSR count). The molecule has 2 aromatic carbocycles. The molecule has 1 heteroatoms. The molecule has 0 atom stereocenters. The molecule has 1 nitrogen and oxygen atoms in total. The number of benzene rings is 2. The molecule has 0 amide bonds. The fourth-order valence-corrected chi connectivity index (χ4v) is 1.49. The fourth-order valence-electron chi connectivity index (χ4n) is 1.49. The largest absolute Gasteiger partial charge is 0.382 e. The second-order valence-electron chi connectivity index (χ2n) is 3.23. The summed E-state index contributed by atoms with van der Waals surface area (Å²) in [5.74, 6) is 0. The van der Waals surface area contributed by atoms with Crippen molar-refractivity contribution in [3.63, 3.8) is 0 Å². The lowest BCUT2D eigenvalue weighted by Gasteiger charge is -2.04. The van der Waals surface area contributed by atoms with Crippen molar-refractivity contribution in [1.82, 2.24) is 0 Å². The molecule has 0 bridgehead atoms. The van der Waals surface area contributed by atoms with Gasteiger partial charge in [-0.15, -0.1) is 6.58 Å². The van der Waals surface area contributed by atoms with E-state index in [1.54, 1.807) is 0 Å². The molecule has 0 radical (unpaired) electrons. The zero-order chi connectivity index (χ0) is 9.80. The first-order valence-corrected chi connectivity index (χ1v) is 4.74. The van der Waals surface area contributed by atoms with Crippen LogP contribution in [0.4, 0.5) is 5.69 Å². The van der Waals surface area contributed by atoms with Crippen LogP contribution in [-0.4, -0.2) is 6.54 Å². The normalized spacial score (nSPS) is 10.0. The van der Waals surface area contributed by atoms with Crippen molar-refractivity contribution in [1.29, 1.82) is 0 Å². The summed E-state index contributed by atoms with van der Waals surface area (Å²) < 4.78 is 0. The van der Waals surface area contributed by atoms with Crippen LogP contribution in [0.5, 0.6) is 0 Å². The molecule has 14 heavy (non-hydrogen) atoms. The Morgan fingerprint density at radius 1 is 1.07 bits per heavy atom. The number of hydrogen-bond acceptors (Lipinski definition) is 1. The van der Waals surface area contributed by atoms with Crippen molar-refractivity contribution in [3.05, 3.63) is 55.1 Å². The van der Waals surface area contributed by atoms with Crippen molar-refractivity contribution in [3.8, 4) is 0 Å². The monoisotopic (exact) mass is 183 g/mol. The van der Waals surface area contributed by atoms with Crippen LogP contribution in [0, 0.1) is 0 Å². The first kappa shape index (κ1) is 8.82. The third-order valence-electron chi connectivity index (χ3n) is 2.20. The molecule has 0 heterocycles. The van der Waals surface area contributed by atoms with Gasteiger partial charge in [-0.3, -0.25) is 0 Å². The Labute approximate surface area is 84.1 Å². The van der Waals surface area contributed by atoms with Gasteiger partial charge < -0.3 is 5.32 Å². The lowest BCUT2D eigenvalue weighted by molar-refractivity contribution is 1.35. The van der Waals surface area contributed by atoms with E-state index in [0.29, 0.717) is 0 Å². The van der Waals surface area contributed by atoms with E-state index in [4.69, 9.17) is 0 Å². The average Bonchev–Trinajstić information content (AvgIpc) is 2.26. The molecule has 0 unspecified atom stereocenters. The van der Waals surface area contributed by atoms with E-state index in [-0.39, 0.29) is 0 Å². The van der Waals surface area contributed by atoms with Crippen molar-refractivity contribution in [2.45, 2.75) is 0 Å². The Morgan fingerprint density at radius 2 is 1.86 bits per heavy atom. The van der Waals surface area contributed by atoms with Crippen LogP contribution in [-0.2, 0) is 0 Å². The molecule has 0 fully saturated rings. The SMILES string of the molecule is C=CCNc1ccc2ccccc2c1. The van der Waals surface area contributed by atoms with Crippen LogP contribution >= 0.6 is 0 Å². The molecule has 0 saturated heterocycles. The van der Waals surface area contributed by atoms with Crippen LogP contribution in [0.25, 0.3) is 10.8 Å². The molecule has 70 valence electrons. The van der Waals surface area contributed by atoms with Gasteiger partial charge in [0.05, 0.1) is 0 Å². The molecular weight excluding hydrogens is 170 g/mol. The predicted octanol–water partition coefficient (Wildman–Crippen LogP) is 3.44. The number of fused-ring (bicyclic) bond motifs is 1. The van der Waals surface area contributed by atoms with E-state index < -0.39 is 0 Å². The Balaban J connectivity index is 2.36. The molecule has 0 aliphatic rings. The summed E-state index contributed by atoms with van der Waals surface area (Å²) in [5, 5.41) is 5.81. The van der Waals surface area contributed by atoms with Gasteiger partial charge in [0.1, 0.15) is 0 Å². The van der Waals surface area contributed by atoms with Gasteiger partial charge in [0.25, 0.3) is 0 Å². The van der Waals surface area contributed by atoms with Gasteiger partial charge in [0.2, 0.25) is 0 Å². The van der Waals surface area contributed by atoms with Gasteiger partial charge in [0, 0.05) is 12.2 Å². The highest BCUT2D eigenvalue weighted by Crippen LogP contribution is 2.18. The summed E-state index contributed by atoms with van der Waals surface area (Å²) in [7, 11) is 0. The summed E-state index contributed by atoms with van der Waals surface area (Å²) in [5.41, 5.74) is 1.14. The molecule has 0 aliphatic carbocycles. The minimum absolute atomic E-state index is 0.804. The Kier molecular flexibility index (Phi) is 2.50. The van der Waals surface area contributed by atoms with Crippen LogP contribution in [0.3, 0.4) is 0 Å². The lowest BCUT2D eigenvalue weighted by atomic mass is 10.1. The van der Waals surface area contributed by atoms with Crippen molar-refractivity contribution >= 4 is 16.5 Å². The maximum Gasteiger partial charge on any atom is 0.0349 e. The number of rotatable bonds is 3. The molecular formula is C13H13N. The first-order chi connectivity index (χ1) is 6.90. The molecule has 1 N–H and O–H groups in total. The predicted molar refractivity (Wildman–Crippen MR) is 62.6 cm³/mol. The van der Waals surface area contributed by atoms with Crippen LogP contribution < -0.4 is 5.32 Å². The second-order valence-corrected chi connectivity index (χ2v) is 3.23. The fraction of sp³-hybridized carbons (Fsp3) is 0.0769. The van der Waals surface area contributed by atoms with E-state index in [1.165, 1.54) is 10.8 Å². The number of anilines is 1. The zero-order valence-corrected chi connectivity index (χ0v) is 8.03. The van der Waals surface area contributed by atoms with Gasteiger partial charge in [-0.2, -0.15) is 0 Å². The average molecular weight is 183 g/mol. The summed E-state index contributed by atoms with van der Waals surface area (Å²) in [4.78, 5) is 0. The summed E-state index contributed by atoms with van der Waals surface area (Å²) in [6.07, 6.45) is 1.86. The minimum Gasteiger partial charge on any atom is -0.382 e.